The van der Waals surface area contributed by atoms with E-state index in [2.05, 4.69) is 14.8 Å². The van der Waals surface area contributed by atoms with Gasteiger partial charge in [0.25, 0.3) is 0 Å². The van der Waals surface area contributed by atoms with Gasteiger partial charge in [0.05, 0.1) is 23.9 Å². The smallest absolute Gasteiger partial charge is 0.233 e. The number of aryl methyl sites for hydroxylation is 1. The van der Waals surface area contributed by atoms with E-state index in [9.17, 15) is 13.2 Å². The highest BCUT2D eigenvalue weighted by Gasteiger charge is 2.34. The molecule has 8 nitrogen and oxygen atoms in total. The third-order valence-corrected chi connectivity index (χ3v) is 7.61. The topological polar surface area (TPSA) is 94.4 Å². The first kappa shape index (κ1) is 19.6. The first-order valence-corrected chi connectivity index (χ1v) is 11.8. The van der Waals surface area contributed by atoms with Crippen molar-refractivity contribution in [3.8, 4) is 0 Å². The Kier molecular flexibility index (Phi) is 6.57. The predicted octanol–water partition coefficient (Wildman–Crippen LogP) is 0.759. The molecule has 0 aliphatic carbocycles. The van der Waals surface area contributed by atoms with Gasteiger partial charge in [0, 0.05) is 32.7 Å². The molecule has 0 bridgehead atoms. The fourth-order valence-electron chi connectivity index (χ4n) is 3.50. The number of ether oxygens (including phenoxy) is 1. The molecule has 0 spiro atoms. The lowest BCUT2D eigenvalue weighted by molar-refractivity contribution is -0.130. The zero-order valence-electron chi connectivity index (χ0n) is 15.1. The Labute approximate surface area is 158 Å². The fourth-order valence-corrected chi connectivity index (χ4v) is 6.10. The number of amides is 1. The zero-order valence-corrected chi connectivity index (χ0v) is 16.7. The molecule has 3 rings (SSSR count). The van der Waals surface area contributed by atoms with E-state index in [0.29, 0.717) is 19.6 Å². The number of rotatable bonds is 7. The van der Waals surface area contributed by atoms with Crippen LogP contribution in [0.15, 0.2) is 5.16 Å². The van der Waals surface area contributed by atoms with E-state index in [4.69, 9.17) is 4.74 Å². The third-order valence-electron chi connectivity index (χ3n) is 4.91. The number of methoxy groups -OCH3 is 1. The number of hydrogen-bond donors (Lipinski definition) is 0. The number of carbonyl (C=O) groups excluding carboxylic acids is 1. The molecule has 1 aromatic heterocycles. The molecule has 0 radical (unpaired) electrons. The second-order valence-electron chi connectivity index (χ2n) is 6.79. The SMILES string of the molecule is COCCN(C(=O)CSc1nnc2n1CCCCC2)C1CCS(=O)(=O)C1. The molecule has 2 aliphatic heterocycles. The van der Waals surface area contributed by atoms with E-state index >= 15 is 0 Å². The predicted molar refractivity (Wildman–Crippen MR) is 98.9 cm³/mol. The van der Waals surface area contributed by atoms with Crippen LogP contribution in [-0.4, -0.2) is 77.6 Å². The summed E-state index contributed by atoms with van der Waals surface area (Å²) in [7, 11) is -1.46. The van der Waals surface area contributed by atoms with Gasteiger partial charge in [-0.15, -0.1) is 10.2 Å². The Balaban J connectivity index is 1.63. The fraction of sp³-hybridized carbons (Fsp3) is 0.812. The lowest BCUT2D eigenvalue weighted by Crippen LogP contribution is -2.44. The summed E-state index contributed by atoms with van der Waals surface area (Å²) in [5.74, 6) is 1.36. The Hall–Kier alpha value is -1.13. The summed E-state index contributed by atoms with van der Waals surface area (Å²) >= 11 is 1.39. The Bertz CT molecular complexity index is 735. The molecule has 1 amide bonds. The van der Waals surface area contributed by atoms with E-state index in [1.54, 1.807) is 12.0 Å². The standard InChI is InChI=1S/C16H26N4O4S2/c1-24-9-8-19(13-6-10-26(22,23)12-13)15(21)11-25-16-18-17-14-5-3-2-4-7-20(14)16/h13H,2-12H2,1H3. The largest absolute Gasteiger partial charge is 0.383 e. The van der Waals surface area contributed by atoms with Crippen LogP contribution in [-0.2, 0) is 32.3 Å². The summed E-state index contributed by atoms with van der Waals surface area (Å²) in [6.45, 7) is 1.70. The molecule has 1 aromatic rings. The average Bonchev–Trinajstić information content (AvgIpc) is 3.07. The molecular weight excluding hydrogens is 376 g/mol. The van der Waals surface area contributed by atoms with Gasteiger partial charge in [0.2, 0.25) is 5.91 Å². The van der Waals surface area contributed by atoms with Gasteiger partial charge in [-0.1, -0.05) is 18.2 Å². The number of thioether (sulfide) groups is 1. The Morgan fingerprint density at radius 3 is 2.92 bits per heavy atom. The molecule has 10 heteroatoms. The Morgan fingerprint density at radius 2 is 2.19 bits per heavy atom. The number of carbonyl (C=O) groups is 1. The van der Waals surface area contributed by atoms with E-state index in [1.807, 2.05) is 0 Å². The maximum atomic E-state index is 12.8. The van der Waals surface area contributed by atoms with Crippen LogP contribution in [0.2, 0.25) is 0 Å². The third kappa shape index (κ3) is 4.77. The molecule has 146 valence electrons. The van der Waals surface area contributed by atoms with E-state index in [1.165, 1.54) is 18.2 Å². The second-order valence-corrected chi connectivity index (χ2v) is 9.96. The van der Waals surface area contributed by atoms with Gasteiger partial charge in [-0.05, 0) is 19.3 Å². The minimum atomic E-state index is -3.04. The average molecular weight is 403 g/mol. The van der Waals surface area contributed by atoms with Crippen molar-refractivity contribution in [2.75, 3.05) is 37.5 Å². The van der Waals surface area contributed by atoms with Crippen LogP contribution in [0, 0.1) is 0 Å². The molecule has 0 saturated carbocycles. The monoisotopic (exact) mass is 402 g/mol. The van der Waals surface area contributed by atoms with Crippen LogP contribution >= 0.6 is 11.8 Å². The zero-order chi connectivity index (χ0) is 18.6. The first-order valence-electron chi connectivity index (χ1n) is 9.04. The van der Waals surface area contributed by atoms with E-state index < -0.39 is 9.84 Å². The number of nitrogens with zero attached hydrogens (tertiary/aromatic N) is 4. The van der Waals surface area contributed by atoms with E-state index in [-0.39, 0.29) is 29.2 Å². The van der Waals surface area contributed by atoms with Gasteiger partial charge in [0.15, 0.2) is 15.0 Å². The number of aromatic nitrogens is 3. The highest BCUT2D eigenvalue weighted by atomic mass is 32.2. The van der Waals surface area contributed by atoms with Gasteiger partial charge >= 0.3 is 0 Å². The summed E-state index contributed by atoms with van der Waals surface area (Å²) < 4.78 is 30.8. The summed E-state index contributed by atoms with van der Waals surface area (Å²) in [6.07, 6.45) is 4.85. The molecule has 1 saturated heterocycles. The summed E-state index contributed by atoms with van der Waals surface area (Å²) in [6, 6.07) is -0.251. The van der Waals surface area contributed by atoms with Crippen LogP contribution in [0.5, 0.6) is 0 Å². The number of hydrogen-bond acceptors (Lipinski definition) is 7. The molecule has 26 heavy (non-hydrogen) atoms. The molecule has 0 aromatic carbocycles. The van der Waals surface area contributed by atoms with Crippen LogP contribution in [0.1, 0.15) is 31.5 Å². The van der Waals surface area contributed by atoms with Crippen molar-refractivity contribution >= 4 is 27.5 Å². The minimum Gasteiger partial charge on any atom is -0.383 e. The second kappa shape index (κ2) is 8.71. The lowest BCUT2D eigenvalue weighted by atomic mass is 10.2. The van der Waals surface area contributed by atoms with Crippen molar-refractivity contribution in [3.63, 3.8) is 0 Å². The van der Waals surface area contributed by atoms with Crippen molar-refractivity contribution in [2.45, 2.75) is 49.8 Å². The van der Waals surface area contributed by atoms with Crippen molar-refractivity contribution in [1.29, 1.82) is 0 Å². The van der Waals surface area contributed by atoms with Gasteiger partial charge in [-0.3, -0.25) is 4.79 Å². The number of fused-ring (bicyclic) bond motifs is 1. The van der Waals surface area contributed by atoms with Gasteiger partial charge < -0.3 is 14.2 Å². The summed E-state index contributed by atoms with van der Waals surface area (Å²) in [4.78, 5) is 14.4. The Morgan fingerprint density at radius 1 is 1.35 bits per heavy atom. The van der Waals surface area contributed by atoms with Gasteiger partial charge in [0.1, 0.15) is 5.82 Å². The first-order chi connectivity index (χ1) is 12.5. The maximum absolute atomic E-state index is 12.8. The molecule has 1 fully saturated rings. The minimum absolute atomic E-state index is 0.0491. The molecular formula is C16H26N4O4S2. The molecule has 3 heterocycles. The molecule has 1 unspecified atom stereocenters. The molecule has 2 aliphatic rings. The molecule has 0 N–H and O–H groups in total. The van der Waals surface area contributed by atoms with Crippen LogP contribution in [0.4, 0.5) is 0 Å². The van der Waals surface area contributed by atoms with Crippen LogP contribution in [0.25, 0.3) is 0 Å². The van der Waals surface area contributed by atoms with Crippen molar-refractivity contribution in [1.82, 2.24) is 19.7 Å². The van der Waals surface area contributed by atoms with Crippen molar-refractivity contribution in [2.24, 2.45) is 0 Å². The van der Waals surface area contributed by atoms with Crippen LogP contribution in [0.3, 0.4) is 0 Å². The summed E-state index contributed by atoms with van der Waals surface area (Å²) in [5, 5.41) is 9.27. The van der Waals surface area contributed by atoms with Gasteiger partial charge in [-0.2, -0.15) is 0 Å². The van der Waals surface area contributed by atoms with Crippen molar-refractivity contribution in [3.05, 3.63) is 5.82 Å². The summed E-state index contributed by atoms with van der Waals surface area (Å²) in [5.41, 5.74) is 0. The molecule has 1 atom stereocenters. The lowest BCUT2D eigenvalue weighted by Gasteiger charge is -2.28. The highest BCUT2D eigenvalue weighted by molar-refractivity contribution is 7.99. The quantitative estimate of drug-likeness (QED) is 0.622. The maximum Gasteiger partial charge on any atom is 0.233 e. The highest BCUT2D eigenvalue weighted by Crippen LogP contribution is 2.24. The van der Waals surface area contributed by atoms with Crippen LogP contribution < -0.4 is 0 Å². The van der Waals surface area contributed by atoms with Crippen molar-refractivity contribution < 1.29 is 17.9 Å². The van der Waals surface area contributed by atoms with Gasteiger partial charge in [-0.25, -0.2) is 8.42 Å². The van der Waals surface area contributed by atoms with E-state index in [0.717, 1.165) is 36.8 Å². The normalized spacial score (nSPS) is 22.0. The number of sulfone groups is 1.